The second-order valence-electron chi connectivity index (χ2n) is 3.98. The largest absolute Gasteiger partial charge is 0.471 e. The zero-order valence-electron chi connectivity index (χ0n) is 10.2. The Morgan fingerprint density at radius 2 is 1.81 bits per heavy atom. The number of nitrogens with zero attached hydrogens (tertiary/aromatic N) is 3. The summed E-state index contributed by atoms with van der Waals surface area (Å²) in [5.41, 5.74) is -1.52. The summed E-state index contributed by atoms with van der Waals surface area (Å²) in [6.07, 6.45) is -9.84. The Balaban J connectivity index is 2.45. The lowest BCUT2D eigenvalue weighted by Crippen LogP contribution is -2.32. The molecule has 2 aromatic rings. The zero-order valence-corrected chi connectivity index (χ0v) is 10.2. The summed E-state index contributed by atoms with van der Waals surface area (Å²) in [4.78, 5) is 14.4. The maximum absolute atomic E-state index is 12.5. The van der Waals surface area contributed by atoms with Crippen molar-refractivity contribution in [3.8, 4) is 0 Å². The predicted octanol–water partition coefficient (Wildman–Crippen LogP) is 0.507. The summed E-state index contributed by atoms with van der Waals surface area (Å²) in [6, 6.07) is 1.57. The van der Waals surface area contributed by atoms with Gasteiger partial charge in [-0.05, 0) is 12.1 Å². The second kappa shape index (κ2) is 4.64. The van der Waals surface area contributed by atoms with Gasteiger partial charge in [0.25, 0.3) is 0 Å². The number of amides is 1. The van der Waals surface area contributed by atoms with Crippen molar-refractivity contribution in [2.24, 2.45) is 0 Å². The molecule has 0 atom stereocenters. The first-order valence-electron chi connectivity index (χ1n) is 5.32. The fraction of sp³-hybridized carbons (Fsp3) is 0.222. The van der Waals surface area contributed by atoms with E-state index in [2.05, 4.69) is 10.1 Å². The molecule has 0 saturated heterocycles. The predicted molar refractivity (Wildman–Crippen MR) is 60.9 cm³/mol. The number of aromatic nitrogens is 3. The molecule has 0 fully saturated rings. The molecular weight excluding hydrogens is 305 g/mol. The van der Waals surface area contributed by atoms with E-state index in [-0.39, 0.29) is 11.2 Å². The Labute approximate surface area is 113 Å². The van der Waals surface area contributed by atoms with Gasteiger partial charge in [-0.15, -0.1) is 0 Å². The Morgan fingerprint density at radius 1 is 1.19 bits per heavy atom. The average Bonchev–Trinajstić information content (AvgIpc) is 2.64. The van der Waals surface area contributed by atoms with Crippen molar-refractivity contribution in [2.75, 3.05) is 5.32 Å². The monoisotopic (exact) mass is 310 g/mol. The highest BCUT2D eigenvalue weighted by molar-refractivity contribution is 6.35. The van der Waals surface area contributed by atoms with E-state index in [4.69, 9.17) is 0 Å². The van der Waals surface area contributed by atoms with E-state index < -0.39 is 29.8 Å². The standard InChI is InChI=1S/C9H5BF6N4O/c10-5-6(18-7(21)9(14,15)16)17-4-2-1-3(8(11,12)13)19-20(4)5/h1-2H,10H2,(H,18,21). The summed E-state index contributed by atoms with van der Waals surface area (Å²) >= 11 is 0. The van der Waals surface area contributed by atoms with Gasteiger partial charge in [0.1, 0.15) is 5.82 Å². The molecule has 21 heavy (non-hydrogen) atoms. The van der Waals surface area contributed by atoms with Crippen molar-refractivity contribution in [1.29, 1.82) is 0 Å². The van der Waals surface area contributed by atoms with Crippen molar-refractivity contribution < 1.29 is 31.1 Å². The van der Waals surface area contributed by atoms with Crippen LogP contribution in [0.1, 0.15) is 5.69 Å². The van der Waals surface area contributed by atoms with E-state index in [1.54, 1.807) is 0 Å². The van der Waals surface area contributed by atoms with Crippen LogP contribution in [0.5, 0.6) is 0 Å². The van der Waals surface area contributed by atoms with E-state index in [1.807, 2.05) is 0 Å². The van der Waals surface area contributed by atoms with Crippen LogP contribution >= 0.6 is 0 Å². The number of hydrogen-bond acceptors (Lipinski definition) is 3. The van der Waals surface area contributed by atoms with Gasteiger partial charge >= 0.3 is 18.3 Å². The molecule has 1 N–H and O–H groups in total. The Morgan fingerprint density at radius 3 is 2.33 bits per heavy atom. The molecular formula is C9H5BF6N4O. The normalized spacial score (nSPS) is 12.7. The van der Waals surface area contributed by atoms with Gasteiger partial charge in [-0.3, -0.25) is 4.79 Å². The van der Waals surface area contributed by atoms with Crippen LogP contribution in [0.15, 0.2) is 12.1 Å². The second-order valence-corrected chi connectivity index (χ2v) is 3.98. The first-order chi connectivity index (χ1) is 9.50. The van der Waals surface area contributed by atoms with Gasteiger partial charge in [0, 0.05) is 5.59 Å². The van der Waals surface area contributed by atoms with Crippen molar-refractivity contribution >= 4 is 30.8 Å². The molecule has 0 saturated carbocycles. The number of carbonyl (C=O) groups excluding carboxylic acids is 1. The summed E-state index contributed by atoms with van der Waals surface area (Å²) in [6.45, 7) is 0. The molecule has 12 heteroatoms. The van der Waals surface area contributed by atoms with Gasteiger partial charge < -0.3 is 5.32 Å². The SMILES string of the molecule is Bc1c(NC(=O)C(F)(F)F)nc2ccc(C(F)(F)F)nn12. The smallest absolute Gasteiger partial charge is 0.302 e. The van der Waals surface area contributed by atoms with E-state index in [9.17, 15) is 31.1 Å². The Hall–Kier alpha value is -2.27. The average molecular weight is 310 g/mol. The first-order valence-corrected chi connectivity index (χ1v) is 5.32. The van der Waals surface area contributed by atoms with Crippen molar-refractivity contribution in [1.82, 2.24) is 14.6 Å². The van der Waals surface area contributed by atoms with Crippen LogP contribution in [0, 0.1) is 0 Å². The fourth-order valence-electron chi connectivity index (χ4n) is 1.49. The molecule has 0 aliphatic heterocycles. The van der Waals surface area contributed by atoms with Crippen molar-refractivity contribution in [3.63, 3.8) is 0 Å². The lowest BCUT2D eigenvalue weighted by molar-refractivity contribution is -0.167. The minimum Gasteiger partial charge on any atom is -0.302 e. The van der Waals surface area contributed by atoms with Gasteiger partial charge in [-0.25, -0.2) is 9.50 Å². The van der Waals surface area contributed by atoms with Gasteiger partial charge in [-0.2, -0.15) is 31.4 Å². The summed E-state index contributed by atoms with van der Waals surface area (Å²) in [7, 11) is 1.18. The highest BCUT2D eigenvalue weighted by Gasteiger charge is 2.39. The number of alkyl halides is 6. The Kier molecular flexibility index (Phi) is 3.34. The highest BCUT2D eigenvalue weighted by Crippen LogP contribution is 2.27. The van der Waals surface area contributed by atoms with Crippen LogP contribution in [-0.2, 0) is 11.0 Å². The molecule has 5 nitrogen and oxygen atoms in total. The molecule has 0 spiro atoms. The summed E-state index contributed by atoms with van der Waals surface area (Å²) in [5.74, 6) is -2.78. The van der Waals surface area contributed by atoms with Crippen LogP contribution < -0.4 is 10.9 Å². The molecule has 0 unspecified atom stereocenters. The number of carbonyl (C=O) groups is 1. The van der Waals surface area contributed by atoms with E-state index in [1.165, 1.54) is 13.2 Å². The third-order valence-electron chi connectivity index (χ3n) is 2.48. The van der Waals surface area contributed by atoms with Crippen molar-refractivity contribution in [2.45, 2.75) is 12.4 Å². The molecule has 0 aliphatic rings. The van der Waals surface area contributed by atoms with Crippen LogP contribution in [0.2, 0.25) is 0 Å². The molecule has 0 aromatic carbocycles. The number of rotatable bonds is 1. The molecule has 2 aromatic heterocycles. The topological polar surface area (TPSA) is 59.3 Å². The highest BCUT2D eigenvalue weighted by atomic mass is 19.4. The van der Waals surface area contributed by atoms with E-state index in [0.29, 0.717) is 10.6 Å². The van der Waals surface area contributed by atoms with Crippen molar-refractivity contribution in [3.05, 3.63) is 17.8 Å². The van der Waals surface area contributed by atoms with Crippen LogP contribution in [0.4, 0.5) is 32.2 Å². The molecule has 0 bridgehead atoms. The quantitative estimate of drug-likeness (QED) is 0.617. The van der Waals surface area contributed by atoms with Crippen LogP contribution in [0.3, 0.4) is 0 Å². The molecule has 1 amide bonds. The number of fused-ring (bicyclic) bond motifs is 1. The first kappa shape index (κ1) is 15.1. The third-order valence-corrected chi connectivity index (χ3v) is 2.48. The lowest BCUT2D eigenvalue weighted by atomic mass is 10.1. The molecule has 2 heterocycles. The van der Waals surface area contributed by atoms with Crippen LogP contribution in [-0.4, -0.2) is 34.5 Å². The summed E-state index contributed by atoms with van der Waals surface area (Å²) in [5, 5.41) is 4.71. The van der Waals surface area contributed by atoms with Crippen LogP contribution in [0.25, 0.3) is 5.65 Å². The molecule has 0 radical (unpaired) electrons. The van der Waals surface area contributed by atoms with Gasteiger partial charge in [0.2, 0.25) is 0 Å². The minimum atomic E-state index is -5.13. The lowest BCUT2D eigenvalue weighted by Gasteiger charge is -2.06. The number of halogens is 6. The van der Waals surface area contributed by atoms with E-state index >= 15 is 0 Å². The van der Waals surface area contributed by atoms with Gasteiger partial charge in [0.05, 0.1) is 0 Å². The number of anilines is 1. The zero-order chi connectivity index (χ0) is 16.0. The molecule has 2 rings (SSSR count). The Bertz CT molecular complexity index is 707. The number of nitrogens with one attached hydrogen (secondary N) is 1. The maximum atomic E-state index is 12.5. The number of imidazole rings is 1. The fourth-order valence-corrected chi connectivity index (χ4v) is 1.49. The van der Waals surface area contributed by atoms with Gasteiger partial charge in [0.15, 0.2) is 19.2 Å². The van der Waals surface area contributed by atoms with Gasteiger partial charge in [-0.1, -0.05) is 0 Å². The number of hydrogen-bond donors (Lipinski definition) is 1. The minimum absolute atomic E-state index is 0.127. The summed E-state index contributed by atoms with van der Waals surface area (Å²) < 4.78 is 74.6. The van der Waals surface area contributed by atoms with E-state index in [0.717, 1.165) is 6.07 Å². The molecule has 0 aliphatic carbocycles. The maximum Gasteiger partial charge on any atom is 0.471 e. The third kappa shape index (κ3) is 2.93. The molecule has 112 valence electrons.